The molecule has 0 atom stereocenters. The average molecular weight is 233 g/mol. The van der Waals surface area contributed by atoms with Gasteiger partial charge in [-0.3, -0.25) is 14.7 Å². The highest BCUT2D eigenvalue weighted by atomic mass is 16.1. The Labute approximate surface area is 102 Å². The van der Waals surface area contributed by atoms with E-state index in [0.717, 1.165) is 31.5 Å². The minimum absolute atomic E-state index is 0.258. The normalized spacial score (nSPS) is 18.2. The molecule has 1 fully saturated rings. The van der Waals surface area contributed by atoms with Gasteiger partial charge in [0.05, 0.1) is 6.54 Å². The molecule has 4 heteroatoms. The largest absolute Gasteiger partial charge is 0.328 e. The van der Waals surface area contributed by atoms with Gasteiger partial charge in [-0.05, 0) is 24.5 Å². The summed E-state index contributed by atoms with van der Waals surface area (Å²) in [7, 11) is 0. The summed E-state index contributed by atoms with van der Waals surface area (Å²) in [5, 5.41) is 0. The Morgan fingerprint density at radius 2 is 2.24 bits per heavy atom. The summed E-state index contributed by atoms with van der Waals surface area (Å²) >= 11 is 0. The van der Waals surface area contributed by atoms with Gasteiger partial charge in [0.15, 0.2) is 5.78 Å². The molecule has 1 aromatic rings. The summed E-state index contributed by atoms with van der Waals surface area (Å²) in [6.45, 7) is 2.43. The highest BCUT2D eigenvalue weighted by molar-refractivity contribution is 5.82. The van der Waals surface area contributed by atoms with Crippen LogP contribution in [0, 0.1) is 0 Å². The van der Waals surface area contributed by atoms with Gasteiger partial charge in [0.1, 0.15) is 0 Å². The van der Waals surface area contributed by atoms with Crippen molar-refractivity contribution >= 4 is 5.78 Å². The van der Waals surface area contributed by atoms with E-state index in [2.05, 4.69) is 9.88 Å². The average Bonchev–Trinajstić information content (AvgIpc) is 2.33. The molecule has 92 valence electrons. The van der Waals surface area contributed by atoms with Crippen LogP contribution in [0.2, 0.25) is 0 Å². The Hall–Kier alpha value is -1.26. The third kappa shape index (κ3) is 3.91. The number of hydrogen-bond acceptors (Lipinski definition) is 4. The van der Waals surface area contributed by atoms with Crippen molar-refractivity contribution in [3.8, 4) is 0 Å². The van der Waals surface area contributed by atoms with Gasteiger partial charge in [0, 0.05) is 37.9 Å². The van der Waals surface area contributed by atoms with Crippen LogP contribution in [0.1, 0.15) is 18.4 Å². The summed E-state index contributed by atoms with van der Waals surface area (Å²) in [4.78, 5) is 18.1. The van der Waals surface area contributed by atoms with E-state index in [1.54, 1.807) is 12.4 Å². The lowest BCUT2D eigenvalue weighted by Crippen LogP contribution is -2.42. The quantitative estimate of drug-likeness (QED) is 0.828. The second kappa shape index (κ2) is 5.89. The van der Waals surface area contributed by atoms with Crippen LogP contribution in [0.4, 0.5) is 0 Å². The summed E-state index contributed by atoms with van der Waals surface area (Å²) in [5.74, 6) is 0.258. The number of carbonyl (C=O) groups is 1. The molecule has 0 amide bonds. The van der Waals surface area contributed by atoms with Crippen molar-refractivity contribution in [3.05, 3.63) is 30.1 Å². The number of nitrogens with two attached hydrogens (primary N) is 1. The lowest BCUT2D eigenvalue weighted by atomic mass is 10.1. The lowest BCUT2D eigenvalue weighted by molar-refractivity contribution is -0.119. The molecular weight excluding hydrogens is 214 g/mol. The minimum Gasteiger partial charge on any atom is -0.328 e. The fourth-order valence-electron chi connectivity index (χ4n) is 2.15. The molecule has 1 aromatic heterocycles. The number of likely N-dealkylation sites (tertiary alicyclic amines) is 1. The molecule has 0 spiro atoms. The van der Waals surface area contributed by atoms with E-state index >= 15 is 0 Å². The fourth-order valence-corrected chi connectivity index (χ4v) is 2.15. The number of hydrogen-bond donors (Lipinski definition) is 1. The summed E-state index contributed by atoms with van der Waals surface area (Å²) in [5.41, 5.74) is 6.82. The maximum absolute atomic E-state index is 11.9. The van der Waals surface area contributed by atoms with Crippen LogP contribution < -0.4 is 5.73 Å². The molecule has 0 bridgehead atoms. The molecule has 0 saturated carbocycles. The van der Waals surface area contributed by atoms with E-state index in [9.17, 15) is 4.79 Å². The van der Waals surface area contributed by atoms with Crippen molar-refractivity contribution in [1.29, 1.82) is 0 Å². The van der Waals surface area contributed by atoms with Crippen LogP contribution in [-0.2, 0) is 11.2 Å². The Morgan fingerprint density at radius 3 is 2.88 bits per heavy atom. The van der Waals surface area contributed by atoms with Gasteiger partial charge in [0.2, 0.25) is 0 Å². The minimum atomic E-state index is 0.258. The number of aromatic nitrogens is 1. The van der Waals surface area contributed by atoms with Gasteiger partial charge < -0.3 is 5.73 Å². The first kappa shape index (κ1) is 12.2. The number of Topliss-reactive ketones (excluding diaryl/α,β-unsaturated/α-hetero) is 1. The Morgan fingerprint density at radius 1 is 1.47 bits per heavy atom. The number of piperidine rings is 1. The lowest BCUT2D eigenvalue weighted by Gasteiger charge is -2.29. The van der Waals surface area contributed by atoms with Crippen molar-refractivity contribution in [2.75, 3.05) is 19.6 Å². The second-order valence-corrected chi connectivity index (χ2v) is 4.69. The van der Waals surface area contributed by atoms with E-state index in [1.807, 2.05) is 12.1 Å². The number of ketones is 1. The van der Waals surface area contributed by atoms with Crippen molar-refractivity contribution in [1.82, 2.24) is 9.88 Å². The smallest absolute Gasteiger partial charge is 0.151 e. The van der Waals surface area contributed by atoms with Gasteiger partial charge in [-0.1, -0.05) is 6.07 Å². The standard InChI is InChI=1S/C13H19N3O/c14-12-3-6-16(7-4-12)10-13(17)8-11-2-1-5-15-9-11/h1-2,5,9,12H,3-4,6-8,10,14H2. The molecule has 2 rings (SSSR count). The SMILES string of the molecule is NC1CCN(CC(=O)Cc2cccnc2)CC1. The zero-order valence-corrected chi connectivity index (χ0v) is 10.0. The van der Waals surface area contributed by atoms with Gasteiger partial charge in [-0.25, -0.2) is 0 Å². The van der Waals surface area contributed by atoms with Gasteiger partial charge in [-0.15, -0.1) is 0 Å². The monoisotopic (exact) mass is 233 g/mol. The Kier molecular flexibility index (Phi) is 4.23. The molecule has 0 aromatic carbocycles. The first-order valence-corrected chi connectivity index (χ1v) is 6.12. The molecule has 17 heavy (non-hydrogen) atoms. The number of nitrogens with zero attached hydrogens (tertiary/aromatic N) is 2. The van der Waals surface area contributed by atoms with Gasteiger partial charge >= 0.3 is 0 Å². The van der Waals surface area contributed by atoms with E-state index < -0.39 is 0 Å². The molecular formula is C13H19N3O. The maximum atomic E-state index is 11.9. The van der Waals surface area contributed by atoms with Crippen LogP contribution >= 0.6 is 0 Å². The number of rotatable bonds is 4. The highest BCUT2D eigenvalue weighted by Gasteiger charge is 2.18. The summed E-state index contributed by atoms with van der Waals surface area (Å²) in [6.07, 6.45) is 5.96. The molecule has 1 saturated heterocycles. The van der Waals surface area contributed by atoms with Crippen LogP contribution in [0.3, 0.4) is 0 Å². The van der Waals surface area contributed by atoms with Gasteiger partial charge in [0.25, 0.3) is 0 Å². The Balaban J connectivity index is 1.78. The first-order chi connectivity index (χ1) is 8.24. The van der Waals surface area contributed by atoms with Crippen molar-refractivity contribution in [2.24, 2.45) is 5.73 Å². The van der Waals surface area contributed by atoms with Gasteiger partial charge in [-0.2, -0.15) is 0 Å². The van der Waals surface area contributed by atoms with Crippen LogP contribution in [0.5, 0.6) is 0 Å². The van der Waals surface area contributed by atoms with E-state index in [4.69, 9.17) is 5.73 Å². The number of pyridine rings is 1. The fraction of sp³-hybridized carbons (Fsp3) is 0.538. The molecule has 4 nitrogen and oxygen atoms in total. The Bertz CT molecular complexity index is 358. The molecule has 0 radical (unpaired) electrons. The molecule has 2 heterocycles. The zero-order chi connectivity index (χ0) is 12.1. The third-order valence-corrected chi connectivity index (χ3v) is 3.16. The van der Waals surface area contributed by atoms with Crippen LogP contribution in [0.15, 0.2) is 24.5 Å². The predicted octanol–water partition coefficient (Wildman–Crippen LogP) is 0.616. The predicted molar refractivity (Wildman–Crippen MR) is 66.6 cm³/mol. The third-order valence-electron chi connectivity index (χ3n) is 3.16. The molecule has 1 aliphatic heterocycles. The zero-order valence-electron chi connectivity index (χ0n) is 10.0. The van der Waals surface area contributed by atoms with E-state index in [0.29, 0.717) is 19.0 Å². The van der Waals surface area contributed by atoms with Crippen molar-refractivity contribution < 1.29 is 4.79 Å². The molecule has 1 aliphatic rings. The molecule has 0 unspecified atom stereocenters. The molecule has 0 aliphatic carbocycles. The first-order valence-electron chi connectivity index (χ1n) is 6.12. The van der Waals surface area contributed by atoms with Crippen LogP contribution in [-0.4, -0.2) is 41.3 Å². The van der Waals surface area contributed by atoms with Crippen molar-refractivity contribution in [2.45, 2.75) is 25.3 Å². The maximum Gasteiger partial charge on any atom is 0.151 e. The highest BCUT2D eigenvalue weighted by Crippen LogP contribution is 2.08. The van der Waals surface area contributed by atoms with Crippen molar-refractivity contribution in [3.63, 3.8) is 0 Å². The topological polar surface area (TPSA) is 59.2 Å². The summed E-state index contributed by atoms with van der Waals surface area (Å²) in [6, 6.07) is 4.12. The second-order valence-electron chi connectivity index (χ2n) is 4.69. The van der Waals surface area contributed by atoms with E-state index in [1.165, 1.54) is 0 Å². The molecule has 2 N–H and O–H groups in total. The van der Waals surface area contributed by atoms with Crippen LogP contribution in [0.25, 0.3) is 0 Å². The van der Waals surface area contributed by atoms with E-state index in [-0.39, 0.29) is 5.78 Å². The number of carbonyl (C=O) groups excluding carboxylic acids is 1. The summed E-state index contributed by atoms with van der Waals surface area (Å²) < 4.78 is 0.